The first-order chi connectivity index (χ1) is 10.6. The fraction of sp³-hybridized carbons (Fsp3) is 0.750. The van der Waals surface area contributed by atoms with E-state index in [4.69, 9.17) is 0 Å². The van der Waals surface area contributed by atoms with Crippen molar-refractivity contribution >= 4 is 29.0 Å². The lowest BCUT2D eigenvalue weighted by Crippen LogP contribution is -2.50. The summed E-state index contributed by atoms with van der Waals surface area (Å²) in [6.45, 7) is 7.98. The minimum absolute atomic E-state index is 0.199. The monoisotopic (exact) mass is 341 g/mol. The van der Waals surface area contributed by atoms with Crippen LogP contribution in [-0.2, 0) is 17.0 Å². The largest absolute Gasteiger partial charge is 0.355 e. The van der Waals surface area contributed by atoms with Crippen LogP contribution in [0.5, 0.6) is 0 Å². The number of aromatic nitrogens is 1. The molecule has 0 spiro atoms. The number of nitrogens with zero attached hydrogens (tertiary/aromatic N) is 2. The third-order valence-electron chi connectivity index (χ3n) is 4.30. The van der Waals surface area contributed by atoms with Crippen LogP contribution in [0.3, 0.4) is 0 Å². The smallest absolute Gasteiger partial charge is 0.227 e. The van der Waals surface area contributed by atoms with Gasteiger partial charge in [0.05, 0.1) is 11.1 Å². The number of carbonyl (C=O) groups excluding carboxylic acids is 1. The average molecular weight is 342 g/mol. The Bertz CT molecular complexity index is 491. The van der Waals surface area contributed by atoms with Gasteiger partial charge in [-0.05, 0) is 39.1 Å². The number of thiazole rings is 1. The number of hydrogen-bond donors (Lipinski definition) is 1. The molecule has 0 saturated carbocycles. The molecule has 0 aliphatic carbocycles. The average Bonchev–Trinajstić information content (AvgIpc) is 2.95. The molecule has 0 bridgehead atoms. The van der Waals surface area contributed by atoms with Gasteiger partial charge >= 0.3 is 0 Å². The maximum absolute atomic E-state index is 12.5. The predicted molar refractivity (Wildman–Crippen MR) is 95.5 cm³/mol. The van der Waals surface area contributed by atoms with Crippen molar-refractivity contribution in [1.82, 2.24) is 15.2 Å². The molecule has 1 aromatic rings. The van der Waals surface area contributed by atoms with Gasteiger partial charge in [0.25, 0.3) is 0 Å². The zero-order valence-electron chi connectivity index (χ0n) is 13.9. The molecule has 1 aliphatic heterocycles. The fourth-order valence-electron chi connectivity index (χ4n) is 2.97. The Morgan fingerprint density at radius 2 is 2.41 bits per heavy atom. The quantitative estimate of drug-likeness (QED) is 0.828. The van der Waals surface area contributed by atoms with E-state index in [0.29, 0.717) is 6.54 Å². The van der Waals surface area contributed by atoms with Crippen LogP contribution in [0.25, 0.3) is 0 Å². The van der Waals surface area contributed by atoms with E-state index in [-0.39, 0.29) is 11.3 Å². The number of piperidine rings is 1. The molecule has 1 unspecified atom stereocenters. The molecule has 6 heteroatoms. The van der Waals surface area contributed by atoms with Gasteiger partial charge in [-0.3, -0.25) is 4.79 Å². The van der Waals surface area contributed by atoms with Crippen molar-refractivity contribution in [2.75, 3.05) is 32.4 Å². The SMILES string of the molecule is CCN1CCCC(C)(C(=O)NCCc2csc(CSC)n2)C1. The van der Waals surface area contributed by atoms with Gasteiger partial charge in [-0.25, -0.2) is 4.98 Å². The lowest BCUT2D eigenvalue weighted by atomic mass is 9.81. The Morgan fingerprint density at radius 3 is 3.14 bits per heavy atom. The summed E-state index contributed by atoms with van der Waals surface area (Å²) < 4.78 is 0. The normalized spacial score (nSPS) is 22.7. The van der Waals surface area contributed by atoms with Crippen molar-refractivity contribution < 1.29 is 4.79 Å². The molecule has 1 amide bonds. The second-order valence-corrected chi connectivity index (χ2v) is 8.01. The highest BCUT2D eigenvalue weighted by atomic mass is 32.2. The molecule has 4 nitrogen and oxygen atoms in total. The molecule has 2 heterocycles. The second kappa shape index (κ2) is 8.31. The van der Waals surface area contributed by atoms with Gasteiger partial charge in [0, 0.05) is 30.6 Å². The highest BCUT2D eigenvalue weighted by Gasteiger charge is 2.36. The lowest BCUT2D eigenvalue weighted by molar-refractivity contribution is -0.133. The molecule has 1 saturated heterocycles. The van der Waals surface area contributed by atoms with Crippen LogP contribution in [0.1, 0.15) is 37.4 Å². The van der Waals surface area contributed by atoms with Gasteiger partial charge in [-0.15, -0.1) is 11.3 Å². The van der Waals surface area contributed by atoms with Gasteiger partial charge in [-0.1, -0.05) is 6.92 Å². The second-order valence-electron chi connectivity index (χ2n) is 6.20. The minimum Gasteiger partial charge on any atom is -0.355 e. The van der Waals surface area contributed by atoms with Crippen LogP contribution in [0.2, 0.25) is 0 Å². The van der Waals surface area contributed by atoms with Crippen LogP contribution in [0.4, 0.5) is 0 Å². The van der Waals surface area contributed by atoms with Crippen LogP contribution < -0.4 is 5.32 Å². The van der Waals surface area contributed by atoms with E-state index in [9.17, 15) is 4.79 Å². The number of rotatable bonds is 7. The summed E-state index contributed by atoms with van der Waals surface area (Å²) in [5.74, 6) is 1.17. The lowest BCUT2D eigenvalue weighted by Gasteiger charge is -2.38. The molecule has 2 rings (SSSR count). The maximum Gasteiger partial charge on any atom is 0.227 e. The number of amides is 1. The standard InChI is InChI=1S/C16H27N3OS2/c1-4-19-9-5-7-16(2,12-19)15(20)17-8-6-13-10-22-14(18-13)11-21-3/h10H,4-9,11-12H2,1-3H3,(H,17,20). The van der Waals surface area contributed by atoms with Crippen LogP contribution in [0.15, 0.2) is 5.38 Å². The van der Waals surface area contributed by atoms with E-state index in [1.165, 1.54) is 5.01 Å². The molecule has 1 atom stereocenters. The number of likely N-dealkylation sites (tertiary alicyclic amines) is 1. The summed E-state index contributed by atoms with van der Waals surface area (Å²) in [6.07, 6.45) is 5.02. The van der Waals surface area contributed by atoms with Crippen LogP contribution in [0, 0.1) is 5.41 Å². The molecule has 1 aliphatic rings. The van der Waals surface area contributed by atoms with Crippen molar-refractivity contribution in [3.05, 3.63) is 16.1 Å². The van der Waals surface area contributed by atoms with Crippen LogP contribution in [-0.4, -0.2) is 48.2 Å². The highest BCUT2D eigenvalue weighted by molar-refractivity contribution is 7.97. The molecule has 1 aromatic heterocycles. The predicted octanol–water partition coefficient (Wildman–Crippen LogP) is 2.79. The first-order valence-electron chi connectivity index (χ1n) is 8.00. The van der Waals surface area contributed by atoms with Crippen molar-refractivity contribution in [2.45, 2.75) is 38.9 Å². The van der Waals surface area contributed by atoms with E-state index in [1.807, 2.05) is 0 Å². The number of hydrogen-bond acceptors (Lipinski definition) is 5. The molecular weight excluding hydrogens is 314 g/mol. The van der Waals surface area contributed by atoms with Gasteiger partial charge in [0.2, 0.25) is 5.91 Å². The fourth-order valence-corrected chi connectivity index (χ4v) is 4.52. The first-order valence-corrected chi connectivity index (χ1v) is 10.3. The summed E-state index contributed by atoms with van der Waals surface area (Å²) in [6, 6.07) is 0. The van der Waals surface area contributed by atoms with Gasteiger partial charge in [-0.2, -0.15) is 11.8 Å². The number of carbonyl (C=O) groups is 1. The molecule has 1 N–H and O–H groups in total. The van der Waals surface area contributed by atoms with Crippen molar-refractivity contribution in [3.8, 4) is 0 Å². The molecule has 0 radical (unpaired) electrons. The maximum atomic E-state index is 12.5. The summed E-state index contributed by atoms with van der Waals surface area (Å²) in [5.41, 5.74) is 0.860. The van der Waals surface area contributed by atoms with Gasteiger partial charge < -0.3 is 10.2 Å². The van der Waals surface area contributed by atoms with Crippen molar-refractivity contribution in [2.24, 2.45) is 5.41 Å². The van der Waals surface area contributed by atoms with Crippen LogP contribution >= 0.6 is 23.1 Å². The molecule has 1 fully saturated rings. The number of nitrogens with one attached hydrogen (secondary N) is 1. The number of thioether (sulfide) groups is 1. The molecular formula is C16H27N3OS2. The Balaban J connectivity index is 1.79. The van der Waals surface area contributed by atoms with Gasteiger partial charge in [0.15, 0.2) is 0 Å². The van der Waals surface area contributed by atoms with E-state index in [2.05, 4.69) is 40.7 Å². The van der Waals surface area contributed by atoms with Gasteiger partial charge in [0.1, 0.15) is 5.01 Å². The summed E-state index contributed by atoms with van der Waals surface area (Å²) in [7, 11) is 0. The van der Waals surface area contributed by atoms with Crippen molar-refractivity contribution in [3.63, 3.8) is 0 Å². The minimum atomic E-state index is -0.236. The topological polar surface area (TPSA) is 45.2 Å². The molecule has 124 valence electrons. The zero-order valence-corrected chi connectivity index (χ0v) is 15.5. The Hall–Kier alpha value is -0.590. The van der Waals surface area contributed by atoms with E-state index < -0.39 is 0 Å². The van der Waals surface area contributed by atoms with Crippen molar-refractivity contribution in [1.29, 1.82) is 0 Å². The zero-order chi connectivity index (χ0) is 16.0. The van der Waals surface area contributed by atoms with E-state index in [1.54, 1.807) is 23.1 Å². The third kappa shape index (κ3) is 4.70. The van der Waals surface area contributed by atoms with E-state index >= 15 is 0 Å². The summed E-state index contributed by atoms with van der Waals surface area (Å²) in [5, 5.41) is 6.40. The Kier molecular flexibility index (Phi) is 6.71. The first kappa shape index (κ1) is 17.8. The summed E-state index contributed by atoms with van der Waals surface area (Å²) >= 11 is 3.50. The Labute approximate surface area is 142 Å². The highest BCUT2D eigenvalue weighted by Crippen LogP contribution is 2.29. The molecule has 0 aromatic carbocycles. The van der Waals surface area contributed by atoms with E-state index in [0.717, 1.165) is 50.3 Å². The Morgan fingerprint density at radius 1 is 1.59 bits per heavy atom. The summed E-state index contributed by atoms with van der Waals surface area (Å²) in [4.78, 5) is 19.5. The molecule has 22 heavy (non-hydrogen) atoms. The third-order valence-corrected chi connectivity index (χ3v) is 5.95.